The SMILES string of the molecule is CC(C)n1cc(Br)c(C(=O)N2CCOCC2C(=O)O)n1. The third-order valence-electron chi connectivity index (χ3n) is 3.09. The van der Waals surface area contributed by atoms with Gasteiger partial charge in [-0.3, -0.25) is 9.48 Å². The van der Waals surface area contributed by atoms with Crippen molar-refractivity contribution in [2.75, 3.05) is 19.8 Å². The van der Waals surface area contributed by atoms with Crippen molar-refractivity contribution in [3.8, 4) is 0 Å². The lowest BCUT2D eigenvalue weighted by Crippen LogP contribution is -2.52. The summed E-state index contributed by atoms with van der Waals surface area (Å²) in [5.41, 5.74) is 0.229. The van der Waals surface area contributed by atoms with Gasteiger partial charge < -0.3 is 14.7 Å². The van der Waals surface area contributed by atoms with Gasteiger partial charge in [0.15, 0.2) is 11.7 Å². The highest BCUT2D eigenvalue weighted by Crippen LogP contribution is 2.21. The summed E-state index contributed by atoms with van der Waals surface area (Å²) in [6.45, 7) is 4.48. The predicted molar refractivity (Wildman–Crippen MR) is 73.6 cm³/mol. The fourth-order valence-corrected chi connectivity index (χ4v) is 2.42. The van der Waals surface area contributed by atoms with Crippen LogP contribution in [0.2, 0.25) is 0 Å². The fraction of sp³-hybridized carbons (Fsp3) is 0.583. The van der Waals surface area contributed by atoms with Crippen molar-refractivity contribution in [2.24, 2.45) is 0 Å². The summed E-state index contributed by atoms with van der Waals surface area (Å²) in [6.07, 6.45) is 1.72. The number of carboxylic acids is 1. The summed E-state index contributed by atoms with van der Waals surface area (Å²) in [4.78, 5) is 25.0. The van der Waals surface area contributed by atoms with Crippen molar-refractivity contribution in [1.29, 1.82) is 0 Å². The number of hydrogen-bond donors (Lipinski definition) is 1. The number of aliphatic carboxylic acids is 1. The lowest BCUT2D eigenvalue weighted by atomic mass is 10.2. The van der Waals surface area contributed by atoms with Gasteiger partial charge in [-0.25, -0.2) is 4.79 Å². The molecule has 0 bridgehead atoms. The molecular formula is C12H16BrN3O4. The van der Waals surface area contributed by atoms with E-state index < -0.39 is 17.9 Å². The van der Waals surface area contributed by atoms with E-state index in [1.165, 1.54) is 4.90 Å². The Bertz CT molecular complexity index is 529. The van der Waals surface area contributed by atoms with E-state index in [-0.39, 0.29) is 24.9 Å². The Hall–Kier alpha value is -1.41. The Labute approximate surface area is 124 Å². The van der Waals surface area contributed by atoms with Crippen molar-refractivity contribution in [3.63, 3.8) is 0 Å². The summed E-state index contributed by atoms with van der Waals surface area (Å²) in [7, 11) is 0. The number of ether oxygens (including phenoxy) is 1. The number of morpholine rings is 1. The van der Waals surface area contributed by atoms with Crippen LogP contribution in [0.5, 0.6) is 0 Å². The third-order valence-corrected chi connectivity index (χ3v) is 3.67. The lowest BCUT2D eigenvalue weighted by Gasteiger charge is -2.32. The second kappa shape index (κ2) is 5.92. The Morgan fingerprint density at radius 3 is 2.80 bits per heavy atom. The molecule has 20 heavy (non-hydrogen) atoms. The van der Waals surface area contributed by atoms with E-state index in [1.54, 1.807) is 10.9 Å². The summed E-state index contributed by atoms with van der Waals surface area (Å²) in [6, 6.07) is -0.847. The minimum absolute atomic E-state index is 0.00355. The zero-order valence-corrected chi connectivity index (χ0v) is 12.8. The largest absolute Gasteiger partial charge is 0.480 e. The Morgan fingerprint density at radius 2 is 2.25 bits per heavy atom. The zero-order valence-electron chi connectivity index (χ0n) is 11.2. The molecule has 0 aromatic carbocycles. The van der Waals surface area contributed by atoms with Gasteiger partial charge in [-0.1, -0.05) is 0 Å². The van der Waals surface area contributed by atoms with E-state index >= 15 is 0 Å². The van der Waals surface area contributed by atoms with Gasteiger partial charge in [-0.15, -0.1) is 0 Å². The van der Waals surface area contributed by atoms with Crippen LogP contribution in [-0.2, 0) is 9.53 Å². The van der Waals surface area contributed by atoms with Crippen LogP contribution in [0, 0.1) is 0 Å². The number of carbonyl (C=O) groups excluding carboxylic acids is 1. The topological polar surface area (TPSA) is 84.7 Å². The van der Waals surface area contributed by atoms with Crippen LogP contribution in [0.25, 0.3) is 0 Å². The maximum atomic E-state index is 12.5. The number of rotatable bonds is 3. The maximum Gasteiger partial charge on any atom is 0.328 e. The molecule has 2 heterocycles. The van der Waals surface area contributed by atoms with Gasteiger partial charge >= 0.3 is 5.97 Å². The number of hydrogen-bond acceptors (Lipinski definition) is 4. The van der Waals surface area contributed by atoms with E-state index in [1.807, 2.05) is 13.8 Å². The first-order valence-corrected chi connectivity index (χ1v) is 7.07. The monoisotopic (exact) mass is 345 g/mol. The summed E-state index contributed by atoms with van der Waals surface area (Å²) >= 11 is 3.30. The van der Waals surface area contributed by atoms with E-state index in [4.69, 9.17) is 9.84 Å². The van der Waals surface area contributed by atoms with Crippen LogP contribution in [0.15, 0.2) is 10.7 Å². The molecule has 1 aliphatic rings. The van der Waals surface area contributed by atoms with Crippen molar-refractivity contribution in [3.05, 3.63) is 16.4 Å². The summed E-state index contributed by atoms with van der Waals surface area (Å²) in [5, 5.41) is 13.4. The molecule has 1 N–H and O–H groups in total. The highest BCUT2D eigenvalue weighted by Gasteiger charge is 2.35. The molecule has 1 aliphatic heterocycles. The summed E-state index contributed by atoms with van der Waals surface area (Å²) < 4.78 is 7.34. The second-order valence-electron chi connectivity index (χ2n) is 4.83. The van der Waals surface area contributed by atoms with Crippen molar-refractivity contribution < 1.29 is 19.4 Å². The van der Waals surface area contributed by atoms with E-state index in [2.05, 4.69) is 21.0 Å². The number of carbonyl (C=O) groups is 2. The number of amides is 1. The van der Waals surface area contributed by atoms with Crippen LogP contribution < -0.4 is 0 Å². The molecule has 1 aromatic rings. The van der Waals surface area contributed by atoms with Gasteiger partial charge in [-0.05, 0) is 29.8 Å². The van der Waals surface area contributed by atoms with Crippen LogP contribution in [-0.4, -0.2) is 57.5 Å². The van der Waals surface area contributed by atoms with Crippen LogP contribution >= 0.6 is 15.9 Å². The molecule has 1 aromatic heterocycles. The van der Waals surface area contributed by atoms with Gasteiger partial charge in [0.25, 0.3) is 5.91 Å². The van der Waals surface area contributed by atoms with E-state index in [0.717, 1.165) is 0 Å². The van der Waals surface area contributed by atoms with Crippen molar-refractivity contribution >= 4 is 27.8 Å². The second-order valence-corrected chi connectivity index (χ2v) is 5.68. The van der Waals surface area contributed by atoms with Crippen molar-refractivity contribution in [2.45, 2.75) is 25.9 Å². The number of carboxylic acid groups (broad SMARTS) is 1. The first kappa shape index (κ1) is 15.0. The number of aromatic nitrogens is 2. The quantitative estimate of drug-likeness (QED) is 0.888. The first-order chi connectivity index (χ1) is 9.41. The van der Waals surface area contributed by atoms with Crippen LogP contribution in [0.1, 0.15) is 30.4 Å². The predicted octanol–water partition coefficient (Wildman–Crippen LogP) is 1.15. The molecule has 0 aliphatic carbocycles. The molecule has 7 nitrogen and oxygen atoms in total. The Kier molecular flexibility index (Phi) is 4.44. The molecule has 8 heteroatoms. The molecule has 1 saturated heterocycles. The smallest absolute Gasteiger partial charge is 0.328 e. The van der Waals surface area contributed by atoms with Crippen LogP contribution in [0.4, 0.5) is 0 Å². The molecule has 0 saturated carbocycles. The third kappa shape index (κ3) is 2.85. The first-order valence-electron chi connectivity index (χ1n) is 6.28. The van der Waals surface area contributed by atoms with E-state index in [0.29, 0.717) is 11.1 Å². The molecule has 1 amide bonds. The number of nitrogens with zero attached hydrogens (tertiary/aromatic N) is 3. The lowest BCUT2D eigenvalue weighted by molar-refractivity contribution is -0.147. The van der Waals surface area contributed by atoms with Gasteiger partial charge in [0, 0.05) is 18.8 Å². The standard InChI is InChI=1S/C12H16BrN3O4/c1-7(2)16-5-8(13)10(14-16)11(17)15-3-4-20-6-9(15)12(18)19/h5,7,9H,3-4,6H2,1-2H3,(H,18,19). The van der Waals surface area contributed by atoms with Gasteiger partial charge in [0.05, 0.1) is 17.7 Å². The molecule has 2 rings (SSSR count). The minimum atomic E-state index is -1.07. The molecule has 1 fully saturated rings. The van der Waals surface area contributed by atoms with Gasteiger partial charge in [0.1, 0.15) is 0 Å². The Balaban J connectivity index is 2.27. The van der Waals surface area contributed by atoms with Gasteiger partial charge in [-0.2, -0.15) is 5.10 Å². The minimum Gasteiger partial charge on any atom is -0.480 e. The van der Waals surface area contributed by atoms with Gasteiger partial charge in [0.2, 0.25) is 0 Å². The molecule has 1 unspecified atom stereocenters. The highest BCUT2D eigenvalue weighted by molar-refractivity contribution is 9.10. The highest BCUT2D eigenvalue weighted by atomic mass is 79.9. The maximum absolute atomic E-state index is 12.5. The Morgan fingerprint density at radius 1 is 1.55 bits per heavy atom. The average Bonchev–Trinajstić information content (AvgIpc) is 2.80. The zero-order chi connectivity index (χ0) is 14.9. The molecular weight excluding hydrogens is 330 g/mol. The average molecular weight is 346 g/mol. The normalized spacial score (nSPS) is 19.4. The molecule has 0 spiro atoms. The van der Waals surface area contributed by atoms with E-state index in [9.17, 15) is 9.59 Å². The van der Waals surface area contributed by atoms with Crippen molar-refractivity contribution in [1.82, 2.24) is 14.7 Å². The fourth-order valence-electron chi connectivity index (χ4n) is 1.97. The molecule has 1 atom stereocenters. The van der Waals surface area contributed by atoms with Crippen LogP contribution in [0.3, 0.4) is 0 Å². The molecule has 110 valence electrons. The molecule has 0 radical (unpaired) electrons. The number of halogens is 1. The summed E-state index contributed by atoms with van der Waals surface area (Å²) in [5.74, 6) is -1.47.